The van der Waals surface area contributed by atoms with Crippen LogP contribution in [0.5, 0.6) is 0 Å². The summed E-state index contributed by atoms with van der Waals surface area (Å²) in [5.74, 6) is 0.802. The number of benzene rings is 1. The molecule has 0 fully saturated rings. The summed E-state index contributed by atoms with van der Waals surface area (Å²) in [5, 5.41) is 4.41. The molecule has 1 atom stereocenters. The molecule has 3 rings (SSSR count). The van der Waals surface area contributed by atoms with Crippen molar-refractivity contribution in [3.8, 4) is 0 Å². The van der Waals surface area contributed by atoms with Crippen molar-refractivity contribution in [1.29, 1.82) is 0 Å². The van der Waals surface area contributed by atoms with Crippen LogP contribution in [0.2, 0.25) is 0 Å². The largest absolute Gasteiger partial charge is 0.371 e. The maximum absolute atomic E-state index is 12.5. The van der Waals surface area contributed by atoms with E-state index in [1.807, 2.05) is 19.9 Å². The van der Waals surface area contributed by atoms with Crippen LogP contribution in [0, 0.1) is 0 Å². The summed E-state index contributed by atoms with van der Waals surface area (Å²) >= 11 is 3.36. The predicted octanol–water partition coefficient (Wildman–Crippen LogP) is 2.69. The van der Waals surface area contributed by atoms with Crippen molar-refractivity contribution in [3.63, 3.8) is 0 Å². The first kappa shape index (κ1) is 15.8. The Morgan fingerprint density at radius 3 is 3.04 bits per heavy atom. The van der Waals surface area contributed by atoms with Crippen LogP contribution < -0.4 is 5.56 Å². The highest BCUT2D eigenvalue weighted by Crippen LogP contribution is 2.16. The maximum atomic E-state index is 12.5. The molecule has 0 N–H and O–H groups in total. The highest BCUT2D eigenvalue weighted by molar-refractivity contribution is 9.10. The van der Waals surface area contributed by atoms with Gasteiger partial charge in [0.1, 0.15) is 12.6 Å². The molecule has 2 aromatic heterocycles. The fraction of sp³-hybridized carbons (Fsp3) is 0.333. The summed E-state index contributed by atoms with van der Waals surface area (Å²) in [6.07, 6.45) is 1.23. The van der Waals surface area contributed by atoms with E-state index in [0.29, 0.717) is 29.2 Å². The van der Waals surface area contributed by atoms with Crippen LogP contribution in [-0.4, -0.2) is 26.3 Å². The lowest BCUT2D eigenvalue weighted by Gasteiger charge is -2.05. The molecule has 0 saturated carbocycles. The standard InChI is InChI=1S/C15H15BrN4O3/c1-3-22-9(2)14-18-13(23-19-14)7-20-8-17-12-5-4-10(16)6-11(12)15(20)21/h4-6,8-9H,3,7H2,1-2H3/t9-/m0/s1. The van der Waals surface area contributed by atoms with Crippen LogP contribution >= 0.6 is 15.9 Å². The number of nitrogens with zero attached hydrogens (tertiary/aromatic N) is 4. The van der Waals surface area contributed by atoms with E-state index in [9.17, 15) is 4.79 Å². The normalized spacial score (nSPS) is 12.7. The van der Waals surface area contributed by atoms with Crippen LogP contribution in [-0.2, 0) is 11.3 Å². The summed E-state index contributed by atoms with van der Waals surface area (Å²) in [5.41, 5.74) is 0.486. The molecule has 0 unspecified atom stereocenters. The van der Waals surface area contributed by atoms with E-state index in [1.165, 1.54) is 10.9 Å². The Morgan fingerprint density at radius 1 is 1.43 bits per heavy atom. The van der Waals surface area contributed by atoms with Crippen molar-refractivity contribution < 1.29 is 9.26 Å². The van der Waals surface area contributed by atoms with E-state index in [4.69, 9.17) is 9.26 Å². The van der Waals surface area contributed by atoms with Crippen molar-refractivity contribution in [3.05, 3.63) is 51.1 Å². The molecule has 0 aliphatic carbocycles. The molecule has 0 saturated heterocycles. The van der Waals surface area contributed by atoms with Crippen LogP contribution in [0.3, 0.4) is 0 Å². The van der Waals surface area contributed by atoms with Crippen LogP contribution in [0.15, 0.2) is 38.3 Å². The van der Waals surface area contributed by atoms with Gasteiger partial charge in [0.15, 0.2) is 5.82 Å². The van der Waals surface area contributed by atoms with Gasteiger partial charge in [-0.3, -0.25) is 9.36 Å². The molecule has 0 bridgehead atoms. The fourth-order valence-electron chi connectivity index (χ4n) is 2.21. The van der Waals surface area contributed by atoms with E-state index in [0.717, 1.165) is 4.47 Å². The fourth-order valence-corrected chi connectivity index (χ4v) is 2.57. The van der Waals surface area contributed by atoms with Gasteiger partial charge in [-0.15, -0.1) is 0 Å². The Balaban J connectivity index is 1.90. The summed E-state index contributed by atoms with van der Waals surface area (Å²) in [6, 6.07) is 5.38. The van der Waals surface area contributed by atoms with Gasteiger partial charge in [0.2, 0.25) is 5.89 Å². The zero-order chi connectivity index (χ0) is 16.4. The average molecular weight is 379 g/mol. The third-order valence-corrected chi connectivity index (χ3v) is 3.85. The van der Waals surface area contributed by atoms with Crippen molar-refractivity contribution >= 4 is 26.8 Å². The first-order valence-electron chi connectivity index (χ1n) is 7.17. The minimum atomic E-state index is -0.250. The summed E-state index contributed by atoms with van der Waals surface area (Å²) in [6.45, 7) is 4.48. The number of rotatable bonds is 5. The second-order valence-corrected chi connectivity index (χ2v) is 5.90. The first-order chi connectivity index (χ1) is 11.1. The monoisotopic (exact) mass is 378 g/mol. The number of fused-ring (bicyclic) bond motifs is 1. The van der Waals surface area contributed by atoms with E-state index in [1.54, 1.807) is 12.1 Å². The third-order valence-electron chi connectivity index (χ3n) is 3.36. The Labute approximate surface area is 140 Å². The summed E-state index contributed by atoms with van der Waals surface area (Å²) < 4.78 is 12.9. The summed E-state index contributed by atoms with van der Waals surface area (Å²) in [7, 11) is 0. The lowest BCUT2D eigenvalue weighted by Crippen LogP contribution is -2.21. The molecule has 8 heteroatoms. The Hall–Kier alpha value is -2.06. The second kappa shape index (κ2) is 6.59. The maximum Gasteiger partial charge on any atom is 0.261 e. The number of halogens is 1. The number of aromatic nitrogens is 4. The molecule has 0 amide bonds. The molecule has 3 aromatic rings. The molecule has 0 radical (unpaired) electrons. The van der Waals surface area contributed by atoms with Crippen molar-refractivity contribution in [2.24, 2.45) is 0 Å². The Kier molecular flexibility index (Phi) is 4.53. The van der Waals surface area contributed by atoms with Crippen LogP contribution in [0.4, 0.5) is 0 Å². The van der Waals surface area contributed by atoms with E-state index >= 15 is 0 Å². The zero-order valence-electron chi connectivity index (χ0n) is 12.7. The van der Waals surface area contributed by atoms with Crippen molar-refractivity contribution in [2.45, 2.75) is 26.5 Å². The molecule has 0 spiro atoms. The molecule has 1 aromatic carbocycles. The van der Waals surface area contributed by atoms with Gasteiger partial charge in [-0.25, -0.2) is 4.98 Å². The number of hydrogen-bond acceptors (Lipinski definition) is 6. The van der Waals surface area contributed by atoms with E-state index in [2.05, 4.69) is 31.1 Å². The average Bonchev–Trinajstić information content (AvgIpc) is 3.00. The zero-order valence-corrected chi connectivity index (χ0v) is 14.3. The van der Waals surface area contributed by atoms with Gasteiger partial charge in [0.05, 0.1) is 17.2 Å². The molecular formula is C15H15BrN4O3. The van der Waals surface area contributed by atoms with Crippen LogP contribution in [0.25, 0.3) is 10.9 Å². The predicted molar refractivity (Wildman–Crippen MR) is 87.1 cm³/mol. The van der Waals surface area contributed by atoms with Crippen LogP contribution in [0.1, 0.15) is 31.7 Å². The lowest BCUT2D eigenvalue weighted by molar-refractivity contribution is 0.0683. The molecular weight excluding hydrogens is 364 g/mol. The van der Waals surface area contributed by atoms with Gasteiger partial charge in [0, 0.05) is 11.1 Å². The molecule has 23 heavy (non-hydrogen) atoms. The second-order valence-electron chi connectivity index (χ2n) is 4.98. The van der Waals surface area contributed by atoms with Crippen molar-refractivity contribution in [1.82, 2.24) is 19.7 Å². The quantitative estimate of drug-likeness (QED) is 0.678. The lowest BCUT2D eigenvalue weighted by atomic mass is 10.2. The highest BCUT2D eigenvalue weighted by Gasteiger charge is 2.15. The van der Waals surface area contributed by atoms with Gasteiger partial charge in [-0.1, -0.05) is 21.1 Å². The molecule has 7 nitrogen and oxygen atoms in total. The minimum Gasteiger partial charge on any atom is -0.371 e. The van der Waals surface area contributed by atoms with Gasteiger partial charge in [-0.05, 0) is 32.0 Å². The van der Waals surface area contributed by atoms with E-state index in [-0.39, 0.29) is 18.2 Å². The molecule has 0 aliphatic heterocycles. The van der Waals surface area contributed by atoms with E-state index < -0.39 is 0 Å². The molecule has 120 valence electrons. The first-order valence-corrected chi connectivity index (χ1v) is 7.96. The van der Waals surface area contributed by atoms with Gasteiger partial charge >= 0.3 is 0 Å². The van der Waals surface area contributed by atoms with Gasteiger partial charge in [0.25, 0.3) is 5.56 Å². The summed E-state index contributed by atoms with van der Waals surface area (Å²) in [4.78, 5) is 21.1. The Bertz CT molecular complexity index is 890. The molecule has 0 aliphatic rings. The SMILES string of the molecule is CCO[C@@H](C)c1noc(Cn2cnc3ccc(Br)cc3c2=O)n1. The van der Waals surface area contributed by atoms with Gasteiger partial charge < -0.3 is 9.26 Å². The highest BCUT2D eigenvalue weighted by atomic mass is 79.9. The minimum absolute atomic E-state index is 0.158. The van der Waals surface area contributed by atoms with Gasteiger partial charge in [-0.2, -0.15) is 4.98 Å². The number of ether oxygens (including phenoxy) is 1. The molecule has 2 heterocycles. The third kappa shape index (κ3) is 3.32. The Morgan fingerprint density at radius 2 is 2.26 bits per heavy atom. The van der Waals surface area contributed by atoms with Crippen molar-refractivity contribution in [2.75, 3.05) is 6.61 Å². The topological polar surface area (TPSA) is 83.0 Å². The number of hydrogen-bond donors (Lipinski definition) is 0. The smallest absolute Gasteiger partial charge is 0.261 e.